The van der Waals surface area contributed by atoms with Gasteiger partial charge in [0.25, 0.3) is 0 Å². The minimum Gasteiger partial charge on any atom is -0.396 e. The average Bonchev–Trinajstić information content (AvgIpc) is 2.74. The largest absolute Gasteiger partial charge is 0.396 e. The summed E-state index contributed by atoms with van der Waals surface area (Å²) in [5.74, 6) is 0.782. The zero-order valence-electron chi connectivity index (χ0n) is 12.7. The number of hydrogen-bond donors (Lipinski definition) is 1. The molecule has 20 heavy (non-hydrogen) atoms. The summed E-state index contributed by atoms with van der Waals surface area (Å²) in [6.07, 6.45) is 4.47. The fraction of sp³-hybridized carbons (Fsp3) is 0.667. The molecule has 1 saturated heterocycles. The first-order valence-corrected chi connectivity index (χ1v) is 9.04. The van der Waals surface area contributed by atoms with E-state index in [4.69, 9.17) is 11.0 Å². The Kier molecular flexibility index (Phi) is 4.55. The van der Waals surface area contributed by atoms with Gasteiger partial charge in [0.2, 0.25) is 0 Å². The van der Waals surface area contributed by atoms with Crippen molar-refractivity contribution in [3.63, 3.8) is 0 Å². The number of nitriles is 1. The summed E-state index contributed by atoms with van der Waals surface area (Å²) in [6, 6.07) is 2.22. The molecule has 2 heterocycles. The van der Waals surface area contributed by atoms with Crippen molar-refractivity contribution in [1.82, 2.24) is 0 Å². The van der Waals surface area contributed by atoms with Crippen molar-refractivity contribution in [2.75, 3.05) is 30.0 Å². The monoisotopic (exact) mass is 309 g/mol. The van der Waals surface area contributed by atoms with Gasteiger partial charge in [0.15, 0.2) is 0 Å². The minimum atomic E-state index is 0.390. The number of thioether (sulfide) groups is 1. The van der Waals surface area contributed by atoms with Crippen LogP contribution in [0.4, 0.5) is 10.7 Å². The molecule has 0 atom stereocenters. The molecule has 5 heteroatoms. The molecule has 2 rings (SSSR count). The van der Waals surface area contributed by atoms with Crippen molar-refractivity contribution in [3.8, 4) is 6.07 Å². The molecule has 0 amide bonds. The summed E-state index contributed by atoms with van der Waals surface area (Å²) < 4.78 is 0. The standard InChI is InChI=1S/C15H23N3S2/c1-15(2,3)10-5-7-18(8-6-10)14-13(19-4)12(17)11(9-16)20-14/h10H,5-8,17H2,1-4H3. The second kappa shape index (κ2) is 5.87. The lowest BCUT2D eigenvalue weighted by Gasteiger charge is -2.39. The predicted octanol–water partition coefficient (Wildman–Crippen LogP) is 4.19. The maximum atomic E-state index is 9.15. The van der Waals surface area contributed by atoms with E-state index in [2.05, 4.69) is 31.7 Å². The molecule has 1 fully saturated rings. The highest BCUT2D eigenvalue weighted by atomic mass is 32.2. The molecular formula is C15H23N3S2. The van der Waals surface area contributed by atoms with Gasteiger partial charge in [0.1, 0.15) is 15.9 Å². The van der Waals surface area contributed by atoms with Crippen LogP contribution in [0, 0.1) is 22.7 Å². The number of anilines is 2. The lowest BCUT2D eigenvalue weighted by Crippen LogP contribution is -2.37. The zero-order valence-corrected chi connectivity index (χ0v) is 14.3. The van der Waals surface area contributed by atoms with Crippen molar-refractivity contribution in [2.24, 2.45) is 11.3 Å². The van der Waals surface area contributed by atoms with Gasteiger partial charge in [-0.3, -0.25) is 0 Å². The van der Waals surface area contributed by atoms with Crippen LogP contribution < -0.4 is 10.6 Å². The Labute approximate surface area is 130 Å². The highest BCUT2D eigenvalue weighted by Crippen LogP contribution is 2.45. The number of rotatable bonds is 2. The van der Waals surface area contributed by atoms with E-state index >= 15 is 0 Å². The smallest absolute Gasteiger partial charge is 0.131 e. The van der Waals surface area contributed by atoms with Gasteiger partial charge in [-0.15, -0.1) is 23.1 Å². The Balaban J connectivity index is 2.17. The van der Waals surface area contributed by atoms with Crippen molar-refractivity contribution in [1.29, 1.82) is 5.26 Å². The molecular weight excluding hydrogens is 286 g/mol. The van der Waals surface area contributed by atoms with E-state index in [-0.39, 0.29) is 0 Å². The van der Waals surface area contributed by atoms with Crippen molar-refractivity contribution in [3.05, 3.63) is 4.88 Å². The first-order valence-electron chi connectivity index (χ1n) is 6.99. The molecule has 0 radical (unpaired) electrons. The summed E-state index contributed by atoms with van der Waals surface area (Å²) in [4.78, 5) is 4.15. The maximum absolute atomic E-state index is 9.15. The second-order valence-electron chi connectivity index (χ2n) is 6.42. The van der Waals surface area contributed by atoms with Crippen LogP contribution in [0.1, 0.15) is 38.5 Å². The molecule has 0 bridgehead atoms. The summed E-state index contributed by atoms with van der Waals surface area (Å²) in [6.45, 7) is 9.13. The molecule has 3 nitrogen and oxygen atoms in total. The SMILES string of the molecule is CSc1c(N2CCC(C(C)(C)C)CC2)sc(C#N)c1N. The van der Waals surface area contributed by atoms with E-state index in [1.165, 1.54) is 17.8 Å². The zero-order chi connectivity index (χ0) is 14.9. The molecule has 1 aromatic rings. The molecule has 1 aliphatic heterocycles. The lowest BCUT2D eigenvalue weighted by atomic mass is 9.75. The van der Waals surface area contributed by atoms with Gasteiger partial charge in [0.05, 0.1) is 10.6 Å². The molecule has 0 spiro atoms. The van der Waals surface area contributed by atoms with Crippen LogP contribution in [0.3, 0.4) is 0 Å². The first kappa shape index (κ1) is 15.5. The molecule has 2 N–H and O–H groups in total. The van der Waals surface area contributed by atoms with Gasteiger partial charge in [-0.05, 0) is 30.4 Å². The molecule has 0 saturated carbocycles. The van der Waals surface area contributed by atoms with Crippen LogP contribution in [0.5, 0.6) is 0 Å². The minimum absolute atomic E-state index is 0.390. The number of nitrogens with two attached hydrogens (primary N) is 1. The first-order chi connectivity index (χ1) is 9.38. The van der Waals surface area contributed by atoms with Gasteiger partial charge < -0.3 is 10.6 Å². The van der Waals surface area contributed by atoms with Crippen LogP contribution in [-0.2, 0) is 0 Å². The highest BCUT2D eigenvalue weighted by Gasteiger charge is 2.30. The number of hydrogen-bond acceptors (Lipinski definition) is 5. The molecule has 1 aromatic heterocycles. The summed E-state index contributed by atoms with van der Waals surface area (Å²) in [7, 11) is 0. The number of nitrogens with zero attached hydrogens (tertiary/aromatic N) is 2. The topological polar surface area (TPSA) is 53.0 Å². The Morgan fingerprint density at radius 1 is 1.35 bits per heavy atom. The fourth-order valence-electron chi connectivity index (χ4n) is 2.85. The van der Waals surface area contributed by atoms with Crippen LogP contribution >= 0.6 is 23.1 Å². The third-order valence-corrected chi connectivity index (χ3v) is 6.32. The van der Waals surface area contributed by atoms with Crippen LogP contribution in [0.15, 0.2) is 4.90 Å². The molecule has 0 aliphatic carbocycles. The van der Waals surface area contributed by atoms with Gasteiger partial charge in [-0.25, -0.2) is 0 Å². The number of nitrogen functional groups attached to an aromatic ring is 1. The van der Waals surface area contributed by atoms with Crippen LogP contribution in [0.25, 0.3) is 0 Å². The molecule has 110 valence electrons. The van der Waals surface area contributed by atoms with Gasteiger partial charge in [-0.2, -0.15) is 5.26 Å². The third kappa shape index (κ3) is 2.91. The van der Waals surface area contributed by atoms with E-state index in [1.807, 2.05) is 6.26 Å². The lowest BCUT2D eigenvalue weighted by molar-refractivity contribution is 0.199. The van der Waals surface area contributed by atoms with Crippen molar-refractivity contribution in [2.45, 2.75) is 38.5 Å². The number of piperidine rings is 1. The third-order valence-electron chi connectivity index (χ3n) is 4.19. The van der Waals surface area contributed by atoms with E-state index in [9.17, 15) is 0 Å². The molecule has 0 unspecified atom stereocenters. The van der Waals surface area contributed by atoms with E-state index in [0.717, 1.165) is 23.9 Å². The fourth-order valence-corrected chi connectivity index (χ4v) is 4.88. The Hall–Kier alpha value is -0.860. The Bertz CT molecular complexity index is 514. The maximum Gasteiger partial charge on any atom is 0.131 e. The second-order valence-corrected chi connectivity index (χ2v) is 8.24. The summed E-state index contributed by atoms with van der Waals surface area (Å²) in [5.41, 5.74) is 7.12. The van der Waals surface area contributed by atoms with E-state index < -0.39 is 0 Å². The quantitative estimate of drug-likeness (QED) is 0.832. The molecule has 1 aliphatic rings. The Morgan fingerprint density at radius 2 is 1.95 bits per heavy atom. The number of thiophene rings is 1. The average molecular weight is 310 g/mol. The van der Waals surface area contributed by atoms with Gasteiger partial charge in [-0.1, -0.05) is 20.8 Å². The van der Waals surface area contributed by atoms with Crippen LogP contribution in [-0.4, -0.2) is 19.3 Å². The predicted molar refractivity (Wildman–Crippen MR) is 89.6 cm³/mol. The molecule has 0 aromatic carbocycles. The summed E-state index contributed by atoms with van der Waals surface area (Å²) in [5, 5.41) is 10.3. The van der Waals surface area contributed by atoms with Crippen molar-refractivity contribution >= 4 is 33.8 Å². The van der Waals surface area contributed by atoms with Crippen molar-refractivity contribution < 1.29 is 0 Å². The highest BCUT2D eigenvalue weighted by molar-refractivity contribution is 7.99. The van der Waals surface area contributed by atoms with Crippen LogP contribution in [0.2, 0.25) is 0 Å². The van der Waals surface area contributed by atoms with Gasteiger partial charge >= 0.3 is 0 Å². The summed E-state index contributed by atoms with van der Waals surface area (Å²) >= 11 is 3.20. The Morgan fingerprint density at radius 3 is 2.40 bits per heavy atom. The van der Waals surface area contributed by atoms with E-state index in [0.29, 0.717) is 16.0 Å². The normalized spacial score (nSPS) is 17.2. The van der Waals surface area contributed by atoms with E-state index in [1.54, 1.807) is 23.1 Å². The van der Waals surface area contributed by atoms with Gasteiger partial charge in [0, 0.05) is 13.1 Å².